The van der Waals surface area contributed by atoms with Crippen LogP contribution < -0.4 is 0 Å². The van der Waals surface area contributed by atoms with E-state index >= 15 is 0 Å². The lowest BCUT2D eigenvalue weighted by molar-refractivity contribution is 0.564. The summed E-state index contributed by atoms with van der Waals surface area (Å²) in [6.45, 7) is 4.26. The molecule has 1 aromatic heterocycles. The summed E-state index contributed by atoms with van der Waals surface area (Å²) in [5.41, 5.74) is 5.06. The quantitative estimate of drug-likeness (QED) is 0.734. The topological polar surface area (TPSA) is 13.1 Å². The molecular weight excluding hydrogens is 252 g/mol. The van der Waals surface area contributed by atoms with E-state index in [9.17, 15) is 0 Å². The van der Waals surface area contributed by atoms with Crippen LogP contribution >= 0.6 is 15.9 Å². The number of halogens is 1. The number of rotatable bonds is 2. The fourth-order valence-electron chi connectivity index (χ4n) is 1.53. The molecule has 0 spiro atoms. The van der Waals surface area contributed by atoms with Gasteiger partial charge in [0, 0.05) is 5.56 Å². The maximum atomic E-state index is 5.08. The standard InChI is InChI=1S/C13H13BrO/c1-9-3-4-11(7-10(9)2)13(14)12-5-6-15-8-12/h3-8,13H,1-2H3. The molecule has 0 saturated heterocycles. The van der Waals surface area contributed by atoms with Crippen LogP contribution in [0.4, 0.5) is 0 Å². The van der Waals surface area contributed by atoms with Crippen LogP contribution in [0, 0.1) is 13.8 Å². The Morgan fingerprint density at radius 2 is 1.87 bits per heavy atom. The normalized spacial score (nSPS) is 12.7. The molecule has 1 unspecified atom stereocenters. The van der Waals surface area contributed by atoms with Crippen LogP contribution in [0.1, 0.15) is 27.1 Å². The summed E-state index contributed by atoms with van der Waals surface area (Å²) >= 11 is 3.67. The molecule has 0 amide bonds. The Hall–Kier alpha value is -1.02. The van der Waals surface area contributed by atoms with E-state index in [1.165, 1.54) is 16.7 Å². The molecule has 0 N–H and O–H groups in total. The molecule has 0 aliphatic rings. The molecule has 0 bridgehead atoms. The zero-order valence-corrected chi connectivity index (χ0v) is 10.4. The van der Waals surface area contributed by atoms with E-state index in [1.54, 1.807) is 12.5 Å². The van der Waals surface area contributed by atoms with Gasteiger partial charge in [-0.2, -0.15) is 0 Å². The van der Waals surface area contributed by atoms with Gasteiger partial charge in [0.05, 0.1) is 17.4 Å². The highest BCUT2D eigenvalue weighted by Crippen LogP contribution is 2.31. The first-order valence-electron chi connectivity index (χ1n) is 4.92. The van der Waals surface area contributed by atoms with E-state index in [0.717, 1.165) is 5.56 Å². The van der Waals surface area contributed by atoms with Crippen LogP contribution in [0.25, 0.3) is 0 Å². The van der Waals surface area contributed by atoms with Crippen molar-refractivity contribution in [2.24, 2.45) is 0 Å². The minimum Gasteiger partial charge on any atom is -0.472 e. The number of hydrogen-bond donors (Lipinski definition) is 0. The Kier molecular flexibility index (Phi) is 2.96. The van der Waals surface area contributed by atoms with Crippen LogP contribution in [-0.2, 0) is 0 Å². The predicted octanol–water partition coefficient (Wildman–Crippen LogP) is 4.38. The van der Waals surface area contributed by atoms with Crippen LogP contribution in [-0.4, -0.2) is 0 Å². The van der Waals surface area contributed by atoms with Gasteiger partial charge in [0.1, 0.15) is 0 Å². The summed E-state index contributed by atoms with van der Waals surface area (Å²) in [7, 11) is 0. The number of aryl methyl sites for hydroxylation is 2. The summed E-state index contributed by atoms with van der Waals surface area (Å²) in [4.78, 5) is 0.218. The van der Waals surface area contributed by atoms with Crippen molar-refractivity contribution in [3.8, 4) is 0 Å². The molecule has 2 heteroatoms. The Balaban J connectivity index is 2.34. The minimum absolute atomic E-state index is 0.218. The molecule has 78 valence electrons. The Labute approximate surface area is 98.2 Å². The first-order valence-corrected chi connectivity index (χ1v) is 5.83. The summed E-state index contributed by atoms with van der Waals surface area (Å²) < 4.78 is 5.08. The second-order valence-corrected chi connectivity index (χ2v) is 4.68. The first-order chi connectivity index (χ1) is 7.18. The van der Waals surface area contributed by atoms with Crippen LogP contribution in [0.15, 0.2) is 41.2 Å². The number of alkyl halides is 1. The fourth-order valence-corrected chi connectivity index (χ4v) is 2.08. The molecule has 0 aliphatic carbocycles. The van der Waals surface area contributed by atoms with Crippen molar-refractivity contribution in [3.05, 3.63) is 59.0 Å². The van der Waals surface area contributed by atoms with Gasteiger partial charge in [-0.1, -0.05) is 34.1 Å². The lowest BCUT2D eigenvalue weighted by atomic mass is 10.0. The van der Waals surface area contributed by atoms with E-state index in [-0.39, 0.29) is 4.83 Å². The molecule has 0 saturated carbocycles. The van der Waals surface area contributed by atoms with Crippen LogP contribution in [0.2, 0.25) is 0 Å². The van der Waals surface area contributed by atoms with E-state index in [4.69, 9.17) is 4.42 Å². The zero-order valence-electron chi connectivity index (χ0n) is 8.83. The second kappa shape index (κ2) is 4.23. The van der Waals surface area contributed by atoms with Gasteiger partial charge >= 0.3 is 0 Å². The Morgan fingerprint density at radius 3 is 2.47 bits per heavy atom. The highest BCUT2D eigenvalue weighted by atomic mass is 79.9. The molecule has 2 aromatic rings. The lowest BCUT2D eigenvalue weighted by Gasteiger charge is -2.10. The van der Waals surface area contributed by atoms with Crippen molar-refractivity contribution in [1.29, 1.82) is 0 Å². The van der Waals surface area contributed by atoms with E-state index in [1.807, 2.05) is 6.07 Å². The largest absolute Gasteiger partial charge is 0.472 e. The van der Waals surface area contributed by atoms with Crippen LogP contribution in [0.5, 0.6) is 0 Å². The summed E-state index contributed by atoms with van der Waals surface area (Å²) in [6.07, 6.45) is 3.47. The van der Waals surface area contributed by atoms with Gasteiger partial charge in [0.2, 0.25) is 0 Å². The molecule has 0 fully saturated rings. The molecule has 1 heterocycles. The average Bonchev–Trinajstić information content (AvgIpc) is 2.74. The van der Waals surface area contributed by atoms with E-state index in [2.05, 4.69) is 48.0 Å². The van der Waals surface area contributed by atoms with Gasteiger partial charge < -0.3 is 4.42 Å². The summed E-state index contributed by atoms with van der Waals surface area (Å²) in [5.74, 6) is 0. The van der Waals surface area contributed by atoms with Crippen molar-refractivity contribution in [2.75, 3.05) is 0 Å². The van der Waals surface area contributed by atoms with Crippen molar-refractivity contribution in [3.63, 3.8) is 0 Å². The predicted molar refractivity (Wildman–Crippen MR) is 65.4 cm³/mol. The maximum Gasteiger partial charge on any atom is 0.0949 e. The average molecular weight is 265 g/mol. The highest BCUT2D eigenvalue weighted by Gasteiger charge is 2.11. The SMILES string of the molecule is Cc1ccc(C(Br)c2ccoc2)cc1C. The van der Waals surface area contributed by atoms with Gasteiger partial charge in [-0.15, -0.1) is 0 Å². The molecular formula is C13H13BrO. The third-order valence-electron chi connectivity index (χ3n) is 2.66. The first kappa shape index (κ1) is 10.5. The van der Waals surface area contributed by atoms with Gasteiger partial charge in [0.25, 0.3) is 0 Å². The van der Waals surface area contributed by atoms with Gasteiger partial charge in [-0.3, -0.25) is 0 Å². The van der Waals surface area contributed by atoms with Crippen molar-refractivity contribution < 1.29 is 4.42 Å². The molecule has 2 rings (SSSR count). The monoisotopic (exact) mass is 264 g/mol. The fraction of sp³-hybridized carbons (Fsp3) is 0.231. The number of hydrogen-bond acceptors (Lipinski definition) is 1. The summed E-state index contributed by atoms with van der Waals surface area (Å²) in [5, 5.41) is 0. The van der Waals surface area contributed by atoms with Crippen LogP contribution in [0.3, 0.4) is 0 Å². The van der Waals surface area contributed by atoms with Gasteiger partial charge in [0.15, 0.2) is 0 Å². The number of benzene rings is 1. The molecule has 1 aromatic carbocycles. The highest BCUT2D eigenvalue weighted by molar-refractivity contribution is 9.09. The van der Waals surface area contributed by atoms with E-state index in [0.29, 0.717) is 0 Å². The summed E-state index contributed by atoms with van der Waals surface area (Å²) in [6, 6.07) is 8.49. The lowest BCUT2D eigenvalue weighted by Crippen LogP contribution is -1.92. The van der Waals surface area contributed by atoms with Gasteiger partial charge in [-0.05, 0) is 36.6 Å². The van der Waals surface area contributed by atoms with Crippen molar-refractivity contribution in [2.45, 2.75) is 18.7 Å². The molecule has 1 atom stereocenters. The smallest absolute Gasteiger partial charge is 0.0949 e. The van der Waals surface area contributed by atoms with Gasteiger partial charge in [-0.25, -0.2) is 0 Å². The Morgan fingerprint density at radius 1 is 1.07 bits per heavy atom. The van der Waals surface area contributed by atoms with Crippen molar-refractivity contribution in [1.82, 2.24) is 0 Å². The zero-order chi connectivity index (χ0) is 10.8. The molecule has 0 radical (unpaired) electrons. The van der Waals surface area contributed by atoms with Crippen molar-refractivity contribution >= 4 is 15.9 Å². The molecule has 1 nitrogen and oxygen atoms in total. The molecule has 15 heavy (non-hydrogen) atoms. The van der Waals surface area contributed by atoms with E-state index < -0.39 is 0 Å². The third-order valence-corrected chi connectivity index (χ3v) is 3.72. The molecule has 0 aliphatic heterocycles. The minimum atomic E-state index is 0.218. The number of furan rings is 1. The third kappa shape index (κ3) is 2.15. The second-order valence-electron chi connectivity index (χ2n) is 3.76. The maximum absolute atomic E-state index is 5.08. The Bertz CT molecular complexity index is 446.